The van der Waals surface area contributed by atoms with Crippen molar-refractivity contribution in [2.24, 2.45) is 0 Å². The molecule has 0 aliphatic heterocycles. The largest absolute Gasteiger partial charge is 0.383 e. The van der Waals surface area contributed by atoms with Gasteiger partial charge in [0.1, 0.15) is 11.9 Å². The van der Waals surface area contributed by atoms with Gasteiger partial charge >= 0.3 is 0 Å². The summed E-state index contributed by atoms with van der Waals surface area (Å²) in [4.78, 5) is 0.775. The summed E-state index contributed by atoms with van der Waals surface area (Å²) in [6.07, 6.45) is -0.793. The van der Waals surface area contributed by atoms with E-state index in [2.05, 4.69) is 31.9 Å². The maximum atomic E-state index is 13.2. The summed E-state index contributed by atoms with van der Waals surface area (Å²) >= 11 is 8.17. The van der Waals surface area contributed by atoms with Gasteiger partial charge in [0.25, 0.3) is 0 Å². The topological polar surface area (TPSA) is 20.2 Å². The van der Waals surface area contributed by atoms with E-state index in [1.54, 1.807) is 6.07 Å². The molecule has 0 amide bonds. The van der Waals surface area contributed by atoms with Gasteiger partial charge in [-0.1, -0.05) is 6.07 Å². The van der Waals surface area contributed by atoms with Crippen LogP contribution in [0.4, 0.5) is 4.39 Å². The molecular weight excluding hydrogens is 371 g/mol. The maximum Gasteiger partial charge on any atom is 0.123 e. The van der Waals surface area contributed by atoms with Crippen LogP contribution in [0.1, 0.15) is 22.1 Å². The van der Waals surface area contributed by atoms with Crippen LogP contribution in [0.15, 0.2) is 32.5 Å². The Balaban J connectivity index is 2.42. The van der Waals surface area contributed by atoms with Crippen LogP contribution in [0.25, 0.3) is 0 Å². The number of rotatable bonds is 2. The number of hydrogen-bond acceptors (Lipinski definition) is 2. The summed E-state index contributed by atoms with van der Waals surface area (Å²) in [5, 5.41) is 10.2. The number of benzene rings is 1. The summed E-state index contributed by atoms with van der Waals surface area (Å²) in [6, 6.07) is 6.28. The van der Waals surface area contributed by atoms with Gasteiger partial charge in [0.2, 0.25) is 0 Å². The van der Waals surface area contributed by atoms with E-state index in [4.69, 9.17) is 0 Å². The minimum atomic E-state index is -0.793. The monoisotopic (exact) mass is 378 g/mol. The zero-order valence-corrected chi connectivity index (χ0v) is 12.9. The molecule has 1 heterocycles. The summed E-state index contributed by atoms with van der Waals surface area (Å²) in [7, 11) is 0. The van der Waals surface area contributed by atoms with Gasteiger partial charge in [-0.3, -0.25) is 0 Å². The van der Waals surface area contributed by atoms with Crippen molar-refractivity contribution < 1.29 is 9.50 Å². The van der Waals surface area contributed by atoms with Crippen LogP contribution in [0.3, 0.4) is 0 Å². The van der Waals surface area contributed by atoms with Crippen LogP contribution < -0.4 is 0 Å². The van der Waals surface area contributed by atoms with E-state index < -0.39 is 6.10 Å². The van der Waals surface area contributed by atoms with E-state index in [1.165, 1.54) is 23.5 Å². The van der Waals surface area contributed by atoms with E-state index in [9.17, 15) is 9.50 Å². The predicted molar refractivity (Wildman–Crippen MR) is 74.9 cm³/mol. The Morgan fingerprint density at radius 3 is 2.59 bits per heavy atom. The van der Waals surface area contributed by atoms with Crippen molar-refractivity contribution in [3.8, 4) is 0 Å². The number of thiophene rings is 1. The summed E-state index contributed by atoms with van der Waals surface area (Å²) in [5.41, 5.74) is 1.48. The molecule has 2 aromatic rings. The highest BCUT2D eigenvalue weighted by Gasteiger charge is 2.17. The summed E-state index contributed by atoms with van der Waals surface area (Å²) in [6.45, 7) is 1.86. The Bertz CT molecular complexity index is 534. The molecule has 5 heteroatoms. The van der Waals surface area contributed by atoms with Crippen molar-refractivity contribution in [1.29, 1.82) is 0 Å². The van der Waals surface area contributed by atoms with E-state index in [0.717, 1.165) is 18.7 Å². The second-order valence-electron chi connectivity index (χ2n) is 3.67. The fourth-order valence-corrected chi connectivity index (χ4v) is 3.65. The SMILES string of the molecule is Cc1ccc(F)cc1C(O)c1cc(Br)c(Br)s1. The Morgan fingerprint density at radius 1 is 1.29 bits per heavy atom. The minimum Gasteiger partial charge on any atom is -0.383 e. The summed E-state index contributed by atoms with van der Waals surface area (Å²) in [5.74, 6) is -0.334. The lowest BCUT2D eigenvalue weighted by atomic mass is 10.0. The Morgan fingerprint density at radius 2 is 2.00 bits per heavy atom. The Hall–Kier alpha value is -0.230. The molecule has 0 saturated carbocycles. The highest BCUT2D eigenvalue weighted by Crippen LogP contribution is 2.38. The van der Waals surface area contributed by atoms with Crippen LogP contribution in [0.5, 0.6) is 0 Å². The van der Waals surface area contributed by atoms with E-state index in [0.29, 0.717) is 5.56 Å². The molecule has 0 aliphatic carbocycles. The Labute approximate surface area is 120 Å². The van der Waals surface area contributed by atoms with Crippen molar-refractivity contribution in [2.45, 2.75) is 13.0 Å². The van der Waals surface area contributed by atoms with Gasteiger partial charge in [-0.05, 0) is 68.1 Å². The molecule has 17 heavy (non-hydrogen) atoms. The molecule has 2 rings (SSSR count). The summed E-state index contributed by atoms with van der Waals surface area (Å²) < 4.78 is 15.0. The molecular formula is C12H9Br2FOS. The van der Waals surface area contributed by atoms with Crippen molar-refractivity contribution in [3.05, 3.63) is 54.3 Å². The van der Waals surface area contributed by atoms with Crippen molar-refractivity contribution >= 4 is 43.2 Å². The fourth-order valence-electron chi connectivity index (χ4n) is 1.56. The van der Waals surface area contributed by atoms with Gasteiger partial charge in [0, 0.05) is 9.35 Å². The lowest BCUT2D eigenvalue weighted by Crippen LogP contribution is -2.00. The lowest BCUT2D eigenvalue weighted by molar-refractivity contribution is 0.223. The van der Waals surface area contributed by atoms with E-state index in [-0.39, 0.29) is 5.82 Å². The molecule has 1 aromatic heterocycles. The third kappa shape index (κ3) is 2.78. The zero-order valence-electron chi connectivity index (χ0n) is 8.88. The van der Waals surface area contributed by atoms with Crippen LogP contribution in [0.2, 0.25) is 0 Å². The highest BCUT2D eigenvalue weighted by atomic mass is 79.9. The van der Waals surface area contributed by atoms with Crippen LogP contribution in [0, 0.1) is 12.7 Å². The number of aryl methyl sites for hydroxylation is 1. The smallest absolute Gasteiger partial charge is 0.123 e. The van der Waals surface area contributed by atoms with Crippen LogP contribution >= 0.6 is 43.2 Å². The molecule has 0 fully saturated rings. The minimum absolute atomic E-state index is 0.334. The second-order valence-corrected chi connectivity index (χ2v) is 6.93. The van der Waals surface area contributed by atoms with Gasteiger partial charge in [0.05, 0.1) is 3.79 Å². The quantitative estimate of drug-likeness (QED) is 0.794. The standard InChI is InChI=1S/C12H9Br2FOS/c1-6-2-3-7(15)4-8(6)11(16)10-5-9(13)12(14)17-10/h2-5,11,16H,1H3. The first-order chi connectivity index (χ1) is 7.99. The first-order valence-corrected chi connectivity index (χ1v) is 7.28. The average molecular weight is 380 g/mol. The first-order valence-electron chi connectivity index (χ1n) is 4.88. The lowest BCUT2D eigenvalue weighted by Gasteiger charge is -2.12. The third-order valence-corrected chi connectivity index (χ3v) is 5.78. The van der Waals surface area contributed by atoms with Crippen molar-refractivity contribution in [1.82, 2.24) is 0 Å². The molecule has 0 radical (unpaired) electrons. The predicted octanol–water partition coefficient (Wildman–Crippen LogP) is 4.80. The fraction of sp³-hybridized carbons (Fsp3) is 0.167. The van der Waals surface area contributed by atoms with E-state index >= 15 is 0 Å². The Kier molecular flexibility index (Phi) is 4.02. The van der Waals surface area contributed by atoms with Gasteiger partial charge in [-0.2, -0.15) is 0 Å². The highest BCUT2D eigenvalue weighted by molar-refractivity contribution is 9.13. The number of hydrogen-bond donors (Lipinski definition) is 1. The van der Waals surface area contributed by atoms with E-state index in [1.807, 2.05) is 13.0 Å². The average Bonchev–Trinajstić information content (AvgIpc) is 2.62. The molecule has 0 spiro atoms. The molecule has 0 bridgehead atoms. The van der Waals surface area contributed by atoms with Crippen LogP contribution in [-0.4, -0.2) is 5.11 Å². The number of aliphatic hydroxyl groups is 1. The number of halogens is 3. The third-order valence-electron chi connectivity index (χ3n) is 2.47. The molecule has 90 valence electrons. The maximum absolute atomic E-state index is 13.2. The van der Waals surface area contributed by atoms with Gasteiger partial charge < -0.3 is 5.11 Å². The molecule has 1 unspecified atom stereocenters. The number of aliphatic hydroxyl groups excluding tert-OH is 1. The molecule has 0 aliphatic rings. The van der Waals surface area contributed by atoms with Gasteiger partial charge in [-0.25, -0.2) is 4.39 Å². The molecule has 0 saturated heterocycles. The second kappa shape index (κ2) is 5.18. The molecule has 1 nitrogen and oxygen atoms in total. The van der Waals surface area contributed by atoms with Crippen molar-refractivity contribution in [3.63, 3.8) is 0 Å². The normalized spacial score (nSPS) is 12.8. The molecule has 1 atom stereocenters. The zero-order chi connectivity index (χ0) is 12.6. The molecule has 1 N–H and O–H groups in total. The molecule has 1 aromatic carbocycles. The van der Waals surface area contributed by atoms with Gasteiger partial charge in [-0.15, -0.1) is 11.3 Å². The van der Waals surface area contributed by atoms with Crippen molar-refractivity contribution in [2.75, 3.05) is 0 Å². The van der Waals surface area contributed by atoms with Crippen LogP contribution in [-0.2, 0) is 0 Å². The van der Waals surface area contributed by atoms with Gasteiger partial charge in [0.15, 0.2) is 0 Å². The first kappa shape index (κ1) is 13.2.